The fraction of sp³-hybridized carbons (Fsp3) is 0.316. The second kappa shape index (κ2) is 10.2. The predicted molar refractivity (Wildman–Crippen MR) is 109 cm³/mol. The Morgan fingerprint density at radius 2 is 1.72 bits per heavy atom. The topological polar surface area (TPSA) is 141 Å². The molecule has 0 unspecified atom stereocenters. The van der Waals surface area contributed by atoms with Gasteiger partial charge in [0.1, 0.15) is 5.69 Å². The van der Waals surface area contributed by atoms with Gasteiger partial charge in [-0.1, -0.05) is 0 Å². The Bertz CT molecular complexity index is 893. The first-order valence-electron chi connectivity index (χ1n) is 8.91. The smallest absolute Gasteiger partial charge is 0.274 e. The second-order valence-corrected chi connectivity index (χ2v) is 6.19. The van der Waals surface area contributed by atoms with Crippen molar-refractivity contribution in [2.75, 3.05) is 36.5 Å². The Morgan fingerprint density at radius 1 is 1.10 bits per heavy atom. The third-order valence-electron chi connectivity index (χ3n) is 4.14. The van der Waals surface area contributed by atoms with Crippen molar-refractivity contribution in [2.45, 2.75) is 13.8 Å². The summed E-state index contributed by atoms with van der Waals surface area (Å²) in [5, 5.41) is 40.2. The number of nitro benzene ring substituents is 1. The summed E-state index contributed by atoms with van der Waals surface area (Å²) in [5.74, 6) is -0.373. The first kappa shape index (κ1) is 21.9. The van der Waals surface area contributed by atoms with E-state index >= 15 is 0 Å². The fourth-order valence-corrected chi connectivity index (χ4v) is 2.75. The summed E-state index contributed by atoms with van der Waals surface area (Å²) in [4.78, 5) is 23.9. The Balaban J connectivity index is 2.30. The molecule has 0 bridgehead atoms. The number of carbonyl (C=O) groups is 1. The number of azo groups is 1. The van der Waals surface area contributed by atoms with Crippen LogP contribution >= 0.6 is 0 Å². The normalized spacial score (nSPS) is 10.9. The van der Waals surface area contributed by atoms with Crippen molar-refractivity contribution in [1.29, 1.82) is 0 Å². The van der Waals surface area contributed by atoms with Crippen LogP contribution < -0.4 is 10.2 Å². The lowest BCUT2D eigenvalue weighted by Crippen LogP contribution is -2.29. The van der Waals surface area contributed by atoms with Crippen LogP contribution in [0.15, 0.2) is 46.6 Å². The van der Waals surface area contributed by atoms with Gasteiger partial charge in [-0.2, -0.15) is 5.11 Å². The van der Waals surface area contributed by atoms with Crippen molar-refractivity contribution in [3.8, 4) is 0 Å². The zero-order valence-electron chi connectivity index (χ0n) is 16.2. The van der Waals surface area contributed by atoms with Crippen LogP contribution in [0.4, 0.5) is 28.4 Å². The molecule has 0 aliphatic heterocycles. The average molecular weight is 401 g/mol. The molecule has 0 aliphatic rings. The molecule has 0 fully saturated rings. The summed E-state index contributed by atoms with van der Waals surface area (Å²) in [5.41, 5.74) is 2.06. The van der Waals surface area contributed by atoms with Crippen LogP contribution in [0.2, 0.25) is 0 Å². The highest BCUT2D eigenvalue weighted by Gasteiger charge is 2.18. The molecule has 0 atom stereocenters. The van der Waals surface area contributed by atoms with Crippen LogP contribution in [0.5, 0.6) is 0 Å². The van der Waals surface area contributed by atoms with Gasteiger partial charge in [-0.3, -0.25) is 14.9 Å². The Hall–Kier alpha value is -3.37. The number of hydrogen-bond acceptors (Lipinski definition) is 8. The summed E-state index contributed by atoms with van der Waals surface area (Å²) in [6.45, 7) is 3.56. The summed E-state index contributed by atoms with van der Waals surface area (Å²) in [6.07, 6.45) is 0. The summed E-state index contributed by atoms with van der Waals surface area (Å²) >= 11 is 0. The highest BCUT2D eigenvalue weighted by Crippen LogP contribution is 2.35. The SMILES string of the molecule is CC(=O)Nc1c(N=Nc2ccc(N(CCO)CCO)cc2)ccc([N+](=O)[O-])c1C. The van der Waals surface area contributed by atoms with Crippen LogP contribution in [0.3, 0.4) is 0 Å². The highest BCUT2D eigenvalue weighted by molar-refractivity contribution is 5.94. The molecule has 154 valence electrons. The van der Waals surface area contributed by atoms with E-state index in [9.17, 15) is 14.9 Å². The van der Waals surface area contributed by atoms with Gasteiger partial charge in [-0.15, -0.1) is 5.11 Å². The van der Waals surface area contributed by atoms with Gasteiger partial charge >= 0.3 is 0 Å². The van der Waals surface area contributed by atoms with Crippen molar-refractivity contribution < 1.29 is 19.9 Å². The van der Waals surface area contributed by atoms with E-state index in [1.807, 2.05) is 4.90 Å². The van der Waals surface area contributed by atoms with Crippen molar-refractivity contribution in [3.05, 3.63) is 52.1 Å². The molecule has 2 aromatic carbocycles. The summed E-state index contributed by atoms with van der Waals surface area (Å²) in [6, 6.07) is 9.76. The molecule has 10 nitrogen and oxygen atoms in total. The maximum Gasteiger partial charge on any atom is 0.274 e. The minimum atomic E-state index is -0.523. The number of amides is 1. The summed E-state index contributed by atoms with van der Waals surface area (Å²) in [7, 11) is 0. The maximum absolute atomic E-state index is 11.5. The number of nitrogens with one attached hydrogen (secondary N) is 1. The molecule has 10 heteroatoms. The van der Waals surface area contributed by atoms with Crippen molar-refractivity contribution in [2.24, 2.45) is 10.2 Å². The third-order valence-corrected chi connectivity index (χ3v) is 4.14. The first-order chi connectivity index (χ1) is 13.9. The number of benzene rings is 2. The number of hydrogen-bond donors (Lipinski definition) is 3. The molecule has 0 aliphatic carbocycles. The highest BCUT2D eigenvalue weighted by atomic mass is 16.6. The quantitative estimate of drug-likeness (QED) is 0.335. The number of nitro groups is 1. The Kier molecular flexibility index (Phi) is 7.75. The maximum atomic E-state index is 11.5. The van der Waals surface area contributed by atoms with E-state index in [-0.39, 0.29) is 30.5 Å². The lowest BCUT2D eigenvalue weighted by molar-refractivity contribution is -0.385. The van der Waals surface area contributed by atoms with Gasteiger partial charge in [0, 0.05) is 31.8 Å². The van der Waals surface area contributed by atoms with E-state index in [2.05, 4.69) is 15.5 Å². The van der Waals surface area contributed by atoms with Crippen LogP contribution in [0, 0.1) is 17.0 Å². The number of carbonyl (C=O) groups excluding carboxylic acids is 1. The molecule has 29 heavy (non-hydrogen) atoms. The molecule has 2 aromatic rings. The van der Waals surface area contributed by atoms with Crippen LogP contribution in [-0.2, 0) is 4.79 Å². The number of nitrogens with zero attached hydrogens (tertiary/aromatic N) is 4. The zero-order chi connectivity index (χ0) is 21.4. The molecule has 0 heterocycles. The monoisotopic (exact) mass is 401 g/mol. The second-order valence-electron chi connectivity index (χ2n) is 6.19. The lowest BCUT2D eigenvalue weighted by atomic mass is 10.1. The van der Waals surface area contributed by atoms with Gasteiger partial charge in [0.05, 0.1) is 35.1 Å². The number of aliphatic hydroxyl groups excluding tert-OH is 2. The largest absolute Gasteiger partial charge is 0.395 e. The number of anilines is 2. The van der Waals surface area contributed by atoms with E-state index in [4.69, 9.17) is 10.2 Å². The molecule has 3 N–H and O–H groups in total. The molecule has 0 saturated carbocycles. The number of aliphatic hydroxyl groups is 2. The lowest BCUT2D eigenvalue weighted by Gasteiger charge is -2.22. The van der Waals surface area contributed by atoms with E-state index in [0.29, 0.717) is 30.0 Å². The van der Waals surface area contributed by atoms with Gasteiger partial charge in [-0.25, -0.2) is 0 Å². The Morgan fingerprint density at radius 3 is 2.24 bits per heavy atom. The van der Waals surface area contributed by atoms with Crippen molar-refractivity contribution in [1.82, 2.24) is 0 Å². The fourth-order valence-electron chi connectivity index (χ4n) is 2.75. The molecular weight excluding hydrogens is 378 g/mol. The molecule has 1 amide bonds. The molecular formula is C19H23N5O5. The molecule has 0 spiro atoms. The minimum absolute atomic E-state index is 0.0348. The van der Waals surface area contributed by atoms with Gasteiger partial charge < -0.3 is 20.4 Å². The van der Waals surface area contributed by atoms with Gasteiger partial charge in [0.2, 0.25) is 5.91 Å². The van der Waals surface area contributed by atoms with Crippen LogP contribution in [0.1, 0.15) is 12.5 Å². The Labute approximate surface area is 167 Å². The van der Waals surface area contributed by atoms with E-state index in [0.717, 1.165) is 5.69 Å². The minimum Gasteiger partial charge on any atom is -0.395 e. The first-order valence-corrected chi connectivity index (χ1v) is 8.91. The van der Waals surface area contributed by atoms with Gasteiger partial charge in [-0.05, 0) is 37.3 Å². The van der Waals surface area contributed by atoms with Crippen molar-refractivity contribution in [3.63, 3.8) is 0 Å². The van der Waals surface area contributed by atoms with E-state index in [1.165, 1.54) is 26.0 Å². The molecule has 0 saturated heterocycles. The van der Waals surface area contributed by atoms with E-state index < -0.39 is 4.92 Å². The molecule has 0 radical (unpaired) electrons. The van der Waals surface area contributed by atoms with Gasteiger partial charge in [0.15, 0.2) is 0 Å². The van der Waals surface area contributed by atoms with Gasteiger partial charge in [0.25, 0.3) is 5.69 Å². The van der Waals surface area contributed by atoms with Crippen LogP contribution in [0.25, 0.3) is 0 Å². The summed E-state index contributed by atoms with van der Waals surface area (Å²) < 4.78 is 0. The number of rotatable bonds is 9. The third kappa shape index (κ3) is 5.80. The molecule has 0 aromatic heterocycles. The van der Waals surface area contributed by atoms with E-state index in [1.54, 1.807) is 24.3 Å². The van der Waals surface area contributed by atoms with Crippen LogP contribution in [-0.4, -0.2) is 47.3 Å². The standard InChI is InChI=1S/C19H23N5O5/c1-13-18(24(28)29)8-7-17(19(13)20-14(2)27)22-21-15-3-5-16(6-4-15)23(9-11-25)10-12-26/h3-8,25-26H,9-12H2,1-2H3,(H,20,27). The zero-order valence-corrected chi connectivity index (χ0v) is 16.2. The molecule has 2 rings (SSSR count). The predicted octanol–water partition coefficient (Wildman–Crippen LogP) is 3.07. The average Bonchev–Trinajstić information content (AvgIpc) is 2.68. The van der Waals surface area contributed by atoms with Crippen molar-refractivity contribution >= 4 is 34.3 Å².